The monoisotopic (exact) mass is 541 g/mol. The SMILES string of the molecule is CS(=O)(=O)c1c(C2CC3CC[C@H](C2)N3c2ncn[nH]2)nc2c(-c3ccc(-c4ccccc4)nc3)cnn2c1N. The fraction of sp³-hybridized carbons (Fsp3) is 0.296. The highest BCUT2D eigenvalue weighted by Crippen LogP contribution is 2.46. The first-order valence-corrected chi connectivity index (χ1v) is 14.8. The van der Waals surface area contributed by atoms with Gasteiger partial charge in [0.05, 0.1) is 17.6 Å². The van der Waals surface area contributed by atoms with E-state index >= 15 is 0 Å². The lowest BCUT2D eigenvalue weighted by atomic mass is 9.88. The van der Waals surface area contributed by atoms with Gasteiger partial charge in [0.25, 0.3) is 0 Å². The maximum absolute atomic E-state index is 13.0. The van der Waals surface area contributed by atoms with E-state index in [0.717, 1.165) is 54.0 Å². The Kier molecular flexibility index (Phi) is 5.41. The summed E-state index contributed by atoms with van der Waals surface area (Å²) in [5, 5.41) is 11.4. The molecule has 0 aliphatic carbocycles. The molecule has 7 rings (SSSR count). The largest absolute Gasteiger partial charge is 0.382 e. The lowest BCUT2D eigenvalue weighted by Gasteiger charge is -2.38. The molecule has 12 heteroatoms. The molecular formula is C27H27N9O2S. The number of piperidine rings is 1. The average Bonchev–Trinajstić information content (AvgIpc) is 3.66. The van der Waals surface area contributed by atoms with Crippen molar-refractivity contribution >= 4 is 27.3 Å². The summed E-state index contributed by atoms with van der Waals surface area (Å²) < 4.78 is 27.5. The van der Waals surface area contributed by atoms with Crippen LogP contribution >= 0.6 is 0 Å². The zero-order valence-electron chi connectivity index (χ0n) is 21.3. The van der Waals surface area contributed by atoms with Gasteiger partial charge in [-0.2, -0.15) is 19.7 Å². The molecular weight excluding hydrogens is 514 g/mol. The topological polar surface area (TPSA) is 148 Å². The van der Waals surface area contributed by atoms with Gasteiger partial charge in [0, 0.05) is 47.1 Å². The summed E-state index contributed by atoms with van der Waals surface area (Å²) in [5.74, 6) is 0.777. The Labute approximate surface area is 225 Å². The van der Waals surface area contributed by atoms with Crippen LogP contribution in [0, 0.1) is 0 Å². The first-order chi connectivity index (χ1) is 18.9. The van der Waals surface area contributed by atoms with Gasteiger partial charge in [0.15, 0.2) is 15.5 Å². The Balaban J connectivity index is 1.31. The van der Waals surface area contributed by atoms with Crippen LogP contribution in [-0.4, -0.2) is 61.5 Å². The molecule has 39 heavy (non-hydrogen) atoms. The predicted molar refractivity (Wildman–Crippen MR) is 147 cm³/mol. The van der Waals surface area contributed by atoms with Crippen molar-refractivity contribution in [1.29, 1.82) is 0 Å². The summed E-state index contributed by atoms with van der Waals surface area (Å²) in [5.41, 5.74) is 11.0. The van der Waals surface area contributed by atoms with Crippen molar-refractivity contribution in [3.8, 4) is 22.4 Å². The maximum Gasteiger partial charge on any atom is 0.221 e. The van der Waals surface area contributed by atoms with Gasteiger partial charge in [-0.1, -0.05) is 36.4 Å². The highest BCUT2D eigenvalue weighted by Gasteiger charge is 2.44. The van der Waals surface area contributed by atoms with E-state index in [4.69, 9.17) is 10.7 Å². The Morgan fingerprint density at radius 3 is 2.38 bits per heavy atom. The molecule has 4 aromatic heterocycles. The third-order valence-corrected chi connectivity index (χ3v) is 9.10. The van der Waals surface area contributed by atoms with Crippen LogP contribution in [0.25, 0.3) is 28.0 Å². The molecule has 2 saturated heterocycles. The van der Waals surface area contributed by atoms with Crippen LogP contribution in [0.4, 0.5) is 11.8 Å². The number of sulfone groups is 1. The summed E-state index contributed by atoms with van der Waals surface area (Å²) in [4.78, 5) is 16.4. The van der Waals surface area contributed by atoms with Crippen molar-refractivity contribution < 1.29 is 8.42 Å². The van der Waals surface area contributed by atoms with Gasteiger partial charge in [-0.05, 0) is 31.7 Å². The minimum absolute atomic E-state index is 0.0692. The zero-order valence-corrected chi connectivity index (χ0v) is 22.1. The number of nitrogen functional groups attached to an aromatic ring is 1. The molecule has 3 N–H and O–H groups in total. The lowest BCUT2D eigenvalue weighted by Crippen LogP contribution is -2.43. The van der Waals surface area contributed by atoms with E-state index in [1.54, 1.807) is 12.4 Å². The normalized spacial score (nSPS) is 21.1. The molecule has 2 fully saturated rings. The summed E-state index contributed by atoms with van der Waals surface area (Å²) in [6.07, 6.45) is 9.67. The highest BCUT2D eigenvalue weighted by atomic mass is 32.2. The molecule has 198 valence electrons. The number of aromatic nitrogens is 7. The zero-order chi connectivity index (χ0) is 26.7. The van der Waals surface area contributed by atoms with Crippen LogP contribution in [0.5, 0.6) is 0 Å². The van der Waals surface area contributed by atoms with E-state index in [1.807, 2.05) is 42.5 Å². The number of rotatable bonds is 5. The Morgan fingerprint density at radius 1 is 0.974 bits per heavy atom. The highest BCUT2D eigenvalue weighted by molar-refractivity contribution is 7.91. The number of benzene rings is 1. The van der Waals surface area contributed by atoms with Crippen molar-refractivity contribution in [2.75, 3.05) is 16.9 Å². The van der Waals surface area contributed by atoms with Gasteiger partial charge in [-0.25, -0.2) is 18.5 Å². The maximum atomic E-state index is 13.0. The van der Waals surface area contributed by atoms with E-state index in [-0.39, 0.29) is 28.7 Å². The molecule has 0 spiro atoms. The predicted octanol–water partition coefficient (Wildman–Crippen LogP) is 3.48. The van der Waals surface area contributed by atoms with Gasteiger partial charge in [-0.3, -0.25) is 4.98 Å². The van der Waals surface area contributed by atoms with Gasteiger partial charge in [0.2, 0.25) is 5.95 Å². The van der Waals surface area contributed by atoms with E-state index in [9.17, 15) is 8.42 Å². The molecule has 11 nitrogen and oxygen atoms in total. The van der Waals surface area contributed by atoms with Crippen LogP contribution in [0.3, 0.4) is 0 Å². The Hall–Kier alpha value is -4.32. The van der Waals surface area contributed by atoms with Crippen molar-refractivity contribution in [3.63, 3.8) is 0 Å². The summed E-state index contributed by atoms with van der Waals surface area (Å²) in [6, 6.07) is 14.3. The number of fused-ring (bicyclic) bond motifs is 3. The second-order valence-electron chi connectivity index (χ2n) is 10.3. The van der Waals surface area contributed by atoms with E-state index in [1.165, 1.54) is 17.1 Å². The first-order valence-electron chi connectivity index (χ1n) is 12.9. The molecule has 6 heterocycles. The second kappa shape index (κ2) is 8.87. The summed E-state index contributed by atoms with van der Waals surface area (Å²) in [6.45, 7) is 0. The number of anilines is 2. The van der Waals surface area contributed by atoms with Crippen LogP contribution in [-0.2, 0) is 9.84 Å². The van der Waals surface area contributed by atoms with Crippen LogP contribution in [0.1, 0.15) is 37.3 Å². The van der Waals surface area contributed by atoms with Crippen LogP contribution < -0.4 is 10.6 Å². The van der Waals surface area contributed by atoms with E-state index in [0.29, 0.717) is 11.3 Å². The number of hydrogen-bond donors (Lipinski definition) is 2. The quantitative estimate of drug-likeness (QED) is 0.341. The van der Waals surface area contributed by atoms with Gasteiger partial charge in [-0.15, -0.1) is 0 Å². The van der Waals surface area contributed by atoms with Crippen molar-refractivity contribution in [2.45, 2.75) is 48.6 Å². The number of nitrogens with two attached hydrogens (primary N) is 1. The molecule has 2 aliphatic rings. The summed E-state index contributed by atoms with van der Waals surface area (Å²) >= 11 is 0. The molecule has 0 amide bonds. The minimum atomic E-state index is -3.67. The third-order valence-electron chi connectivity index (χ3n) is 7.95. The molecule has 3 atom stereocenters. The molecule has 2 unspecified atom stereocenters. The Bertz CT molecular complexity index is 1750. The van der Waals surface area contributed by atoms with Crippen LogP contribution in [0.2, 0.25) is 0 Å². The van der Waals surface area contributed by atoms with E-state index in [2.05, 4.69) is 30.2 Å². The number of nitrogens with zero attached hydrogens (tertiary/aromatic N) is 7. The number of nitrogens with one attached hydrogen (secondary N) is 1. The van der Waals surface area contributed by atoms with E-state index < -0.39 is 9.84 Å². The number of hydrogen-bond acceptors (Lipinski definition) is 9. The third kappa shape index (κ3) is 3.94. The number of pyridine rings is 1. The summed E-state index contributed by atoms with van der Waals surface area (Å²) in [7, 11) is -3.67. The first kappa shape index (κ1) is 23.8. The van der Waals surface area contributed by atoms with Gasteiger partial charge < -0.3 is 10.6 Å². The van der Waals surface area contributed by atoms with Crippen molar-refractivity contribution in [2.24, 2.45) is 0 Å². The molecule has 1 aromatic carbocycles. The second-order valence-corrected chi connectivity index (χ2v) is 12.3. The van der Waals surface area contributed by atoms with Crippen LogP contribution in [0.15, 0.2) is 66.1 Å². The van der Waals surface area contributed by atoms with Gasteiger partial charge in [0.1, 0.15) is 17.0 Å². The standard InChI is InChI=1S/C27H27N9O2S/c1-39(37,38)24-23(18-11-19-8-9-20(12-18)35(19)27-30-15-31-34-27)33-26-21(14-32-36(26)25(24)28)17-7-10-22(29-13-17)16-5-3-2-4-6-16/h2-7,10,13-15,18-20H,8-9,11-12,28H2,1H3,(H,30,31,34)/t18?,19-,20?/m1/s1. The lowest BCUT2D eigenvalue weighted by molar-refractivity contribution is 0.400. The molecule has 5 aromatic rings. The van der Waals surface area contributed by atoms with Crippen molar-refractivity contribution in [3.05, 3.63) is 66.9 Å². The number of H-pyrrole nitrogens is 1. The molecule has 2 bridgehead atoms. The Morgan fingerprint density at radius 2 is 1.74 bits per heavy atom. The average molecular weight is 542 g/mol. The minimum Gasteiger partial charge on any atom is -0.382 e. The fourth-order valence-corrected chi connectivity index (χ4v) is 7.34. The smallest absolute Gasteiger partial charge is 0.221 e. The fourth-order valence-electron chi connectivity index (χ4n) is 6.28. The van der Waals surface area contributed by atoms with Gasteiger partial charge >= 0.3 is 0 Å². The number of aromatic amines is 1. The molecule has 0 radical (unpaired) electrons. The molecule has 0 saturated carbocycles. The molecule has 2 aliphatic heterocycles. The van der Waals surface area contributed by atoms with Crippen molar-refractivity contribution in [1.82, 2.24) is 34.8 Å².